The molecule has 0 saturated heterocycles. The van der Waals surface area contributed by atoms with Gasteiger partial charge in [-0.3, -0.25) is 0 Å². The van der Waals surface area contributed by atoms with E-state index in [4.69, 9.17) is 28.3 Å². The zero-order chi connectivity index (χ0) is 13.3. The van der Waals surface area contributed by atoms with Crippen molar-refractivity contribution in [3.63, 3.8) is 0 Å². The highest BCUT2D eigenvalue weighted by atomic mass is 35.5. The lowest BCUT2D eigenvalue weighted by molar-refractivity contribution is 0.0696. The predicted octanol–water partition coefficient (Wildman–Crippen LogP) is 4.67. The number of carboxylic acid groups (broad SMARTS) is 1. The van der Waals surface area contributed by atoms with Crippen LogP contribution in [0.15, 0.2) is 36.4 Å². The highest BCUT2D eigenvalue weighted by Gasteiger charge is 2.11. The van der Waals surface area contributed by atoms with E-state index in [0.717, 1.165) is 11.1 Å². The molecule has 0 aliphatic carbocycles. The van der Waals surface area contributed by atoms with Crippen LogP contribution in [0.3, 0.4) is 0 Å². The second kappa shape index (κ2) is 5.01. The molecule has 2 aromatic rings. The molecule has 0 amide bonds. The first kappa shape index (κ1) is 12.9. The molecule has 2 rings (SSSR count). The number of carboxylic acids is 1. The van der Waals surface area contributed by atoms with Gasteiger partial charge in [-0.1, -0.05) is 47.5 Å². The first-order chi connectivity index (χ1) is 8.50. The van der Waals surface area contributed by atoms with E-state index < -0.39 is 5.97 Å². The smallest absolute Gasteiger partial charge is 0.335 e. The molecule has 1 N–H and O–H groups in total. The molecule has 0 aromatic heterocycles. The summed E-state index contributed by atoms with van der Waals surface area (Å²) in [5.74, 6) is -0.951. The zero-order valence-corrected chi connectivity index (χ0v) is 11.1. The van der Waals surface area contributed by atoms with Gasteiger partial charge in [-0.2, -0.15) is 0 Å². The van der Waals surface area contributed by atoms with Gasteiger partial charge in [-0.15, -0.1) is 0 Å². The topological polar surface area (TPSA) is 37.3 Å². The van der Waals surface area contributed by atoms with Crippen molar-refractivity contribution >= 4 is 29.2 Å². The Morgan fingerprint density at radius 3 is 2.56 bits per heavy atom. The number of halogens is 2. The maximum atomic E-state index is 11.1. The van der Waals surface area contributed by atoms with Crippen molar-refractivity contribution in [3.8, 4) is 11.1 Å². The minimum absolute atomic E-state index is 0.267. The van der Waals surface area contributed by atoms with Gasteiger partial charge in [-0.25, -0.2) is 4.79 Å². The molecule has 0 bridgehead atoms. The average molecular weight is 281 g/mol. The average Bonchev–Trinajstić information content (AvgIpc) is 2.33. The molecule has 18 heavy (non-hydrogen) atoms. The third-order valence-corrected chi connectivity index (χ3v) is 3.55. The number of hydrogen-bond acceptors (Lipinski definition) is 1. The Morgan fingerprint density at radius 2 is 1.89 bits per heavy atom. The minimum Gasteiger partial charge on any atom is -0.478 e. The summed E-state index contributed by atoms with van der Waals surface area (Å²) in [7, 11) is 0. The van der Waals surface area contributed by atoms with Gasteiger partial charge in [-0.05, 0) is 30.2 Å². The second-order valence-corrected chi connectivity index (χ2v) is 4.72. The van der Waals surface area contributed by atoms with Crippen molar-refractivity contribution in [2.75, 3.05) is 0 Å². The molecule has 0 fully saturated rings. The Bertz CT molecular complexity index is 621. The van der Waals surface area contributed by atoms with Crippen LogP contribution in [0, 0.1) is 6.92 Å². The first-order valence-corrected chi connectivity index (χ1v) is 6.04. The third-order valence-electron chi connectivity index (χ3n) is 2.73. The molecule has 0 aliphatic rings. The maximum absolute atomic E-state index is 11.1. The van der Waals surface area contributed by atoms with Crippen LogP contribution in [0.4, 0.5) is 0 Å². The van der Waals surface area contributed by atoms with Gasteiger partial charge in [0.2, 0.25) is 0 Å². The molecule has 2 aromatic carbocycles. The summed E-state index contributed by atoms with van der Waals surface area (Å²) in [5.41, 5.74) is 2.45. The molecule has 0 unspecified atom stereocenters. The highest BCUT2D eigenvalue weighted by Crippen LogP contribution is 2.34. The van der Waals surface area contributed by atoms with Crippen LogP contribution >= 0.6 is 23.2 Å². The molecule has 4 heteroatoms. The van der Waals surface area contributed by atoms with Crippen molar-refractivity contribution in [1.82, 2.24) is 0 Å². The van der Waals surface area contributed by atoms with E-state index in [2.05, 4.69) is 0 Å². The highest BCUT2D eigenvalue weighted by molar-refractivity contribution is 6.43. The fourth-order valence-corrected chi connectivity index (χ4v) is 2.16. The molecule has 2 nitrogen and oxygen atoms in total. The molecular formula is C14H10Cl2O2. The quantitative estimate of drug-likeness (QED) is 0.868. The van der Waals surface area contributed by atoms with Gasteiger partial charge in [0, 0.05) is 5.56 Å². The van der Waals surface area contributed by atoms with Crippen LogP contribution < -0.4 is 0 Å². The fourth-order valence-electron chi connectivity index (χ4n) is 1.75. The molecule has 0 heterocycles. The maximum Gasteiger partial charge on any atom is 0.335 e. The number of hydrogen-bond donors (Lipinski definition) is 1. The van der Waals surface area contributed by atoms with Crippen molar-refractivity contribution in [1.29, 1.82) is 0 Å². The normalized spacial score (nSPS) is 10.4. The summed E-state index contributed by atoms with van der Waals surface area (Å²) in [6, 6.07) is 10.5. The largest absolute Gasteiger partial charge is 0.478 e. The van der Waals surface area contributed by atoms with Crippen LogP contribution in [0.1, 0.15) is 15.9 Å². The predicted molar refractivity (Wildman–Crippen MR) is 73.6 cm³/mol. The van der Waals surface area contributed by atoms with Crippen molar-refractivity contribution in [2.24, 2.45) is 0 Å². The van der Waals surface area contributed by atoms with E-state index >= 15 is 0 Å². The lowest BCUT2D eigenvalue weighted by atomic mass is 10.00. The summed E-state index contributed by atoms with van der Waals surface area (Å²) >= 11 is 12.1. The van der Waals surface area contributed by atoms with Gasteiger partial charge in [0.1, 0.15) is 0 Å². The summed E-state index contributed by atoms with van der Waals surface area (Å²) in [6.45, 7) is 1.76. The summed E-state index contributed by atoms with van der Waals surface area (Å²) < 4.78 is 0. The van der Waals surface area contributed by atoms with E-state index in [-0.39, 0.29) is 5.56 Å². The van der Waals surface area contributed by atoms with Crippen molar-refractivity contribution < 1.29 is 9.90 Å². The molecule has 0 atom stereocenters. The van der Waals surface area contributed by atoms with Gasteiger partial charge in [0.15, 0.2) is 0 Å². The van der Waals surface area contributed by atoms with E-state index in [1.165, 1.54) is 0 Å². The van der Waals surface area contributed by atoms with E-state index in [0.29, 0.717) is 15.6 Å². The van der Waals surface area contributed by atoms with Crippen molar-refractivity contribution in [3.05, 3.63) is 57.6 Å². The summed E-state index contributed by atoms with van der Waals surface area (Å²) in [5, 5.41) is 9.98. The molecule has 0 radical (unpaired) electrons. The molecule has 92 valence electrons. The van der Waals surface area contributed by atoms with Gasteiger partial charge < -0.3 is 5.11 Å². The number of rotatable bonds is 2. The second-order valence-electron chi connectivity index (χ2n) is 3.94. The SMILES string of the molecule is Cc1ccc(-c2cccc(Cl)c2Cl)cc1C(=O)O. The van der Waals surface area contributed by atoms with Gasteiger partial charge in [0.25, 0.3) is 0 Å². The van der Waals surface area contributed by atoms with Crippen LogP contribution in [-0.4, -0.2) is 11.1 Å². The van der Waals surface area contributed by atoms with Crippen LogP contribution in [0.2, 0.25) is 10.0 Å². The summed E-state index contributed by atoms with van der Waals surface area (Å²) in [4.78, 5) is 11.1. The van der Waals surface area contributed by atoms with Crippen LogP contribution in [0.25, 0.3) is 11.1 Å². The number of aryl methyl sites for hydroxylation is 1. The fraction of sp³-hybridized carbons (Fsp3) is 0.0714. The van der Waals surface area contributed by atoms with Crippen LogP contribution in [0.5, 0.6) is 0 Å². The Balaban J connectivity index is 2.62. The lowest BCUT2D eigenvalue weighted by Crippen LogP contribution is -1.99. The lowest BCUT2D eigenvalue weighted by Gasteiger charge is -2.08. The molecule has 0 aliphatic heterocycles. The Hall–Kier alpha value is -1.51. The van der Waals surface area contributed by atoms with Gasteiger partial charge >= 0.3 is 5.97 Å². The molecule has 0 saturated carbocycles. The monoisotopic (exact) mass is 280 g/mol. The van der Waals surface area contributed by atoms with Gasteiger partial charge in [0.05, 0.1) is 15.6 Å². The Morgan fingerprint density at radius 1 is 1.17 bits per heavy atom. The van der Waals surface area contributed by atoms with E-state index in [9.17, 15) is 4.79 Å². The molecule has 0 spiro atoms. The van der Waals surface area contributed by atoms with Crippen molar-refractivity contribution in [2.45, 2.75) is 6.92 Å². The zero-order valence-electron chi connectivity index (χ0n) is 9.58. The summed E-state index contributed by atoms with van der Waals surface area (Å²) in [6.07, 6.45) is 0. The Kier molecular flexibility index (Phi) is 3.60. The number of benzene rings is 2. The molecular weight excluding hydrogens is 271 g/mol. The third kappa shape index (κ3) is 2.35. The first-order valence-electron chi connectivity index (χ1n) is 5.29. The number of aromatic carboxylic acids is 1. The van der Waals surface area contributed by atoms with E-state index in [1.54, 1.807) is 31.2 Å². The van der Waals surface area contributed by atoms with Crippen LogP contribution in [-0.2, 0) is 0 Å². The minimum atomic E-state index is -0.951. The standard InChI is InChI=1S/C14H10Cl2O2/c1-8-5-6-9(7-11(8)14(17)18)10-3-2-4-12(15)13(10)16/h2-7H,1H3,(H,17,18). The number of carbonyl (C=O) groups is 1. The Labute approximate surface area is 115 Å². The van der Waals surface area contributed by atoms with E-state index in [1.807, 2.05) is 12.1 Å².